The highest BCUT2D eigenvalue weighted by molar-refractivity contribution is 6.22. The lowest BCUT2D eigenvalue weighted by Crippen LogP contribution is -2.48. The highest BCUT2D eigenvalue weighted by Crippen LogP contribution is 2.42. The van der Waals surface area contributed by atoms with E-state index in [1.54, 1.807) is 60.7 Å². The van der Waals surface area contributed by atoms with E-state index in [0.717, 1.165) is 6.92 Å². The second-order valence-corrected chi connectivity index (χ2v) is 10.3. The number of pyridine rings is 1. The molecular weight excluding hydrogens is 684 g/mol. The molecule has 51 heavy (non-hydrogen) atoms. The lowest BCUT2D eigenvalue weighted by atomic mass is 9.97. The zero-order valence-corrected chi connectivity index (χ0v) is 28.8. The molecule has 3 aromatic rings. The molecule has 0 spiro atoms. The number of anilines is 2. The average Bonchev–Trinajstić information content (AvgIpc) is 3.53. The van der Waals surface area contributed by atoms with Crippen LogP contribution in [-0.4, -0.2) is 53.7 Å². The van der Waals surface area contributed by atoms with E-state index in [-0.39, 0.29) is 12.6 Å². The van der Waals surface area contributed by atoms with Crippen LogP contribution in [0.15, 0.2) is 71.9 Å². The van der Waals surface area contributed by atoms with Crippen molar-refractivity contribution in [2.75, 3.05) is 11.7 Å². The van der Waals surface area contributed by atoms with E-state index in [0.29, 0.717) is 34.0 Å². The van der Waals surface area contributed by atoms with Crippen molar-refractivity contribution in [2.45, 2.75) is 78.8 Å². The minimum atomic E-state index is -4.56. The average molecular weight is 726 g/mol. The number of benzene rings is 2. The molecule has 0 radical (unpaired) electrons. The highest BCUT2D eigenvalue weighted by Gasteiger charge is 2.38. The smallest absolute Gasteiger partial charge is 0.389 e. The number of hydrogen-bond acceptors (Lipinski definition) is 7. The SMILES string of the molecule is CC.CC.CCC(F)(F)F.NC(=O)CC(CCC(F)(F)F)C(=O)NC1N=C(c2ccccc2)c2cc3c(cc2N(c2ccccn2)C1=O)OCO3. The third kappa shape index (κ3) is 12.3. The number of ether oxygens (including phenoxy) is 2. The van der Waals surface area contributed by atoms with Crippen LogP contribution < -0.4 is 25.4 Å². The van der Waals surface area contributed by atoms with Gasteiger partial charge in [-0.05, 0) is 24.6 Å². The van der Waals surface area contributed by atoms with Gasteiger partial charge in [0.2, 0.25) is 24.8 Å². The molecule has 2 unspecified atom stereocenters. The molecule has 3 amide bonds. The number of primary amides is 1. The van der Waals surface area contributed by atoms with Crippen molar-refractivity contribution in [3.63, 3.8) is 0 Å². The van der Waals surface area contributed by atoms with E-state index in [1.807, 2.05) is 27.7 Å². The molecule has 278 valence electrons. The van der Waals surface area contributed by atoms with Gasteiger partial charge in [0.15, 0.2) is 11.5 Å². The number of carbonyl (C=O) groups excluding carboxylic acids is 3. The Bertz CT molecular complexity index is 1620. The van der Waals surface area contributed by atoms with Crippen LogP contribution >= 0.6 is 0 Å². The lowest BCUT2D eigenvalue weighted by molar-refractivity contribution is -0.143. The van der Waals surface area contributed by atoms with Crippen molar-refractivity contribution < 1.29 is 50.2 Å². The number of aromatic nitrogens is 1. The van der Waals surface area contributed by atoms with Gasteiger partial charge in [-0.25, -0.2) is 9.98 Å². The summed E-state index contributed by atoms with van der Waals surface area (Å²) in [6, 6.07) is 17.0. The van der Waals surface area contributed by atoms with Gasteiger partial charge in [0, 0.05) is 48.6 Å². The first-order chi connectivity index (χ1) is 24.2. The fourth-order valence-corrected chi connectivity index (χ4v) is 4.60. The fraction of sp³-hybridized carbons (Fsp3) is 0.400. The van der Waals surface area contributed by atoms with Crippen molar-refractivity contribution in [1.29, 1.82) is 0 Å². The number of fused-ring (bicyclic) bond motifs is 2. The van der Waals surface area contributed by atoms with Crippen molar-refractivity contribution in [1.82, 2.24) is 10.3 Å². The van der Waals surface area contributed by atoms with Gasteiger partial charge in [-0.3, -0.25) is 19.3 Å². The van der Waals surface area contributed by atoms with E-state index in [9.17, 15) is 40.7 Å². The second kappa shape index (κ2) is 19.3. The Hall–Kier alpha value is -5.15. The molecule has 3 heterocycles. The molecule has 16 heteroatoms. The van der Waals surface area contributed by atoms with Gasteiger partial charge < -0.3 is 20.5 Å². The number of nitrogens with one attached hydrogen (secondary N) is 1. The van der Waals surface area contributed by atoms with Crippen LogP contribution in [0.1, 0.15) is 71.4 Å². The van der Waals surface area contributed by atoms with Crippen molar-refractivity contribution >= 4 is 34.9 Å². The normalized spacial score (nSPS) is 15.2. The third-order valence-corrected chi connectivity index (χ3v) is 6.90. The molecule has 2 aliphatic rings. The number of hydrogen-bond donors (Lipinski definition) is 2. The standard InChI is InChI=1S/C28H24F3N5O5.C3H5F3.2C2H6/c29-28(30,31)10-9-17(12-22(32)37)26(38)35-25-27(39)36(23-8-4-5-11-33-23)19-14-21-20(40-15-41-21)13-18(19)24(34-25)16-6-2-1-3-7-16;1-2-3(4,5)6;2*1-2/h1-8,11,13-14,17,25H,9-10,12,15H2,(H2,32,37)(H,35,38);2H2,1H3;2*1-2H3. The minimum Gasteiger partial charge on any atom is -0.454 e. The Morgan fingerprint density at radius 3 is 2.06 bits per heavy atom. The highest BCUT2D eigenvalue weighted by atomic mass is 19.4. The maximum atomic E-state index is 14.1. The summed E-state index contributed by atoms with van der Waals surface area (Å²) in [5.74, 6) is -3.10. The fourth-order valence-electron chi connectivity index (χ4n) is 4.60. The molecule has 2 atom stereocenters. The molecule has 0 bridgehead atoms. The first kappa shape index (κ1) is 42.0. The summed E-state index contributed by atoms with van der Waals surface area (Å²) < 4.78 is 82.4. The Labute approximate surface area is 292 Å². The largest absolute Gasteiger partial charge is 0.454 e. The molecule has 0 aliphatic carbocycles. The Morgan fingerprint density at radius 2 is 1.53 bits per heavy atom. The van der Waals surface area contributed by atoms with Gasteiger partial charge in [0.1, 0.15) is 5.82 Å². The molecule has 0 saturated heterocycles. The van der Waals surface area contributed by atoms with E-state index >= 15 is 0 Å². The third-order valence-electron chi connectivity index (χ3n) is 6.90. The first-order valence-corrected chi connectivity index (χ1v) is 16.2. The minimum absolute atomic E-state index is 0.0224. The van der Waals surface area contributed by atoms with E-state index in [4.69, 9.17) is 15.2 Å². The number of nitrogens with two attached hydrogens (primary N) is 1. The van der Waals surface area contributed by atoms with E-state index in [1.165, 1.54) is 11.1 Å². The Kier molecular flexibility index (Phi) is 15.9. The van der Waals surface area contributed by atoms with Gasteiger partial charge in [0.25, 0.3) is 5.91 Å². The molecule has 1 aromatic heterocycles. The van der Waals surface area contributed by atoms with Gasteiger partial charge in [-0.2, -0.15) is 26.3 Å². The number of amides is 3. The monoisotopic (exact) mass is 725 g/mol. The van der Waals surface area contributed by atoms with Crippen LogP contribution in [0.5, 0.6) is 11.5 Å². The summed E-state index contributed by atoms with van der Waals surface area (Å²) in [5.41, 5.74) is 6.91. The number of halogens is 6. The molecule has 10 nitrogen and oxygen atoms in total. The number of aliphatic imine (C=N–C) groups is 1. The van der Waals surface area contributed by atoms with Crippen LogP contribution in [0, 0.1) is 5.92 Å². The van der Waals surface area contributed by atoms with Crippen LogP contribution in [0.4, 0.5) is 37.8 Å². The molecule has 0 saturated carbocycles. The first-order valence-electron chi connectivity index (χ1n) is 16.2. The summed E-state index contributed by atoms with van der Waals surface area (Å²) in [7, 11) is 0. The number of carbonyl (C=O) groups is 3. The summed E-state index contributed by atoms with van der Waals surface area (Å²) in [6.45, 7) is 9.06. The van der Waals surface area contributed by atoms with Gasteiger partial charge in [-0.15, -0.1) is 0 Å². The van der Waals surface area contributed by atoms with Crippen LogP contribution in [0.25, 0.3) is 0 Å². The molecular formula is C35H41F6N5O5. The zero-order valence-electron chi connectivity index (χ0n) is 28.8. The van der Waals surface area contributed by atoms with Crippen molar-refractivity contribution in [3.05, 3.63) is 78.0 Å². The van der Waals surface area contributed by atoms with Crippen LogP contribution in [0.2, 0.25) is 0 Å². The van der Waals surface area contributed by atoms with Crippen LogP contribution in [-0.2, 0) is 14.4 Å². The lowest BCUT2D eigenvalue weighted by Gasteiger charge is -2.25. The van der Waals surface area contributed by atoms with Crippen molar-refractivity contribution in [3.8, 4) is 11.5 Å². The maximum Gasteiger partial charge on any atom is 0.389 e. The second-order valence-electron chi connectivity index (χ2n) is 10.3. The van der Waals surface area contributed by atoms with E-state index in [2.05, 4.69) is 15.3 Å². The predicted molar refractivity (Wildman–Crippen MR) is 180 cm³/mol. The molecule has 2 aliphatic heterocycles. The van der Waals surface area contributed by atoms with E-state index < -0.39 is 67.8 Å². The summed E-state index contributed by atoms with van der Waals surface area (Å²) in [6.07, 6.45) is -12.0. The Morgan fingerprint density at radius 1 is 0.941 bits per heavy atom. The summed E-state index contributed by atoms with van der Waals surface area (Å²) in [4.78, 5) is 49.1. The van der Waals surface area contributed by atoms with Gasteiger partial charge >= 0.3 is 12.4 Å². The molecule has 5 rings (SSSR count). The van der Waals surface area contributed by atoms with Gasteiger partial charge in [-0.1, -0.05) is 71.0 Å². The zero-order chi connectivity index (χ0) is 38.4. The van der Waals surface area contributed by atoms with Crippen molar-refractivity contribution in [2.24, 2.45) is 16.6 Å². The number of alkyl halides is 6. The predicted octanol–water partition coefficient (Wildman–Crippen LogP) is 7.61. The molecule has 2 aromatic carbocycles. The summed E-state index contributed by atoms with van der Waals surface area (Å²) in [5, 5.41) is 2.46. The topological polar surface area (TPSA) is 136 Å². The summed E-state index contributed by atoms with van der Waals surface area (Å²) >= 11 is 0. The van der Waals surface area contributed by atoms with Gasteiger partial charge in [0.05, 0.1) is 11.4 Å². The van der Waals surface area contributed by atoms with Crippen LogP contribution in [0.3, 0.4) is 0 Å². The maximum absolute atomic E-state index is 14.1. The molecule has 0 fully saturated rings. The quantitative estimate of drug-likeness (QED) is 0.230. The number of rotatable bonds is 8. The Balaban J connectivity index is 0.000000806. The number of nitrogens with zero attached hydrogens (tertiary/aromatic N) is 3. The molecule has 3 N–H and O–H groups in total.